The van der Waals surface area contributed by atoms with Crippen LogP contribution in [0.15, 0.2) is 66.9 Å². The van der Waals surface area contributed by atoms with Gasteiger partial charge in [0.1, 0.15) is 0 Å². The standard InChI is InChI=1S/C15H15N/c1-3-14(10-7-13-16-2)11-12-15-8-5-4-6-9-15/h3-10,13,16H,1H2,2H3/b13-7-,14-10+. The molecule has 0 bridgehead atoms. The second-order valence-electron chi connectivity index (χ2n) is 3.09. The van der Waals surface area contributed by atoms with E-state index in [9.17, 15) is 0 Å². The van der Waals surface area contributed by atoms with Gasteiger partial charge in [-0.15, -0.1) is 0 Å². The average Bonchev–Trinajstić information content (AvgIpc) is 2.35. The maximum absolute atomic E-state index is 3.73. The number of hydrogen-bond donors (Lipinski definition) is 1. The third-order valence-electron chi connectivity index (χ3n) is 1.88. The Morgan fingerprint density at radius 3 is 2.69 bits per heavy atom. The van der Waals surface area contributed by atoms with Crippen LogP contribution in [0.3, 0.4) is 0 Å². The van der Waals surface area contributed by atoms with Gasteiger partial charge in [-0.25, -0.2) is 0 Å². The van der Waals surface area contributed by atoms with Crippen molar-refractivity contribution in [1.82, 2.24) is 5.32 Å². The van der Waals surface area contributed by atoms with Crippen molar-refractivity contribution >= 4 is 0 Å². The molecule has 0 unspecified atom stereocenters. The van der Waals surface area contributed by atoms with Crippen LogP contribution in [0.25, 0.3) is 0 Å². The van der Waals surface area contributed by atoms with Crippen LogP contribution in [0.4, 0.5) is 0 Å². The van der Waals surface area contributed by atoms with Crippen LogP contribution in [0.1, 0.15) is 5.56 Å². The smallest absolute Gasteiger partial charge is 0.0249 e. The number of hydrogen-bond acceptors (Lipinski definition) is 1. The summed E-state index contributed by atoms with van der Waals surface area (Å²) in [5, 5.41) is 2.91. The Balaban J connectivity index is 2.78. The van der Waals surface area contributed by atoms with Crippen molar-refractivity contribution in [3.63, 3.8) is 0 Å². The van der Waals surface area contributed by atoms with Gasteiger partial charge in [-0.1, -0.05) is 42.7 Å². The molecule has 0 saturated carbocycles. The Morgan fingerprint density at radius 1 is 1.31 bits per heavy atom. The van der Waals surface area contributed by atoms with Crippen molar-refractivity contribution in [3.8, 4) is 11.8 Å². The number of rotatable bonds is 3. The van der Waals surface area contributed by atoms with E-state index < -0.39 is 0 Å². The zero-order chi connectivity index (χ0) is 11.6. The van der Waals surface area contributed by atoms with Crippen molar-refractivity contribution in [2.75, 3.05) is 7.05 Å². The van der Waals surface area contributed by atoms with Gasteiger partial charge in [0.25, 0.3) is 0 Å². The Kier molecular flexibility index (Phi) is 5.30. The molecular formula is C15H15N. The third-order valence-corrected chi connectivity index (χ3v) is 1.88. The van der Waals surface area contributed by atoms with Crippen LogP contribution in [0, 0.1) is 11.8 Å². The summed E-state index contributed by atoms with van der Waals surface area (Å²) in [4.78, 5) is 0. The molecule has 1 aromatic rings. The van der Waals surface area contributed by atoms with Crippen molar-refractivity contribution in [2.24, 2.45) is 0 Å². The van der Waals surface area contributed by atoms with E-state index in [1.807, 2.05) is 55.7 Å². The summed E-state index contributed by atoms with van der Waals surface area (Å²) in [5.74, 6) is 6.14. The molecule has 80 valence electrons. The van der Waals surface area contributed by atoms with Gasteiger partial charge in [-0.05, 0) is 30.5 Å². The maximum Gasteiger partial charge on any atom is 0.0249 e. The van der Waals surface area contributed by atoms with Gasteiger partial charge in [-0.2, -0.15) is 0 Å². The molecule has 16 heavy (non-hydrogen) atoms. The Morgan fingerprint density at radius 2 is 2.06 bits per heavy atom. The second kappa shape index (κ2) is 7.14. The molecule has 0 saturated heterocycles. The van der Waals surface area contributed by atoms with Crippen molar-refractivity contribution in [1.29, 1.82) is 0 Å². The normalized spacial score (nSPS) is 10.7. The fourth-order valence-electron chi connectivity index (χ4n) is 1.07. The summed E-state index contributed by atoms with van der Waals surface area (Å²) in [5.41, 5.74) is 1.91. The predicted octanol–water partition coefficient (Wildman–Crippen LogP) is 2.88. The minimum absolute atomic E-state index is 0.898. The second-order valence-corrected chi connectivity index (χ2v) is 3.09. The van der Waals surface area contributed by atoms with Gasteiger partial charge >= 0.3 is 0 Å². The molecule has 0 aliphatic carbocycles. The molecule has 1 nitrogen and oxygen atoms in total. The summed E-state index contributed by atoms with van der Waals surface area (Å²) >= 11 is 0. The monoisotopic (exact) mass is 209 g/mol. The number of nitrogens with one attached hydrogen (secondary N) is 1. The van der Waals surface area contributed by atoms with E-state index in [-0.39, 0.29) is 0 Å². The lowest BCUT2D eigenvalue weighted by Crippen LogP contribution is -1.89. The molecule has 0 amide bonds. The first-order valence-corrected chi connectivity index (χ1v) is 5.10. The lowest BCUT2D eigenvalue weighted by molar-refractivity contribution is 1.10. The van der Waals surface area contributed by atoms with E-state index >= 15 is 0 Å². The van der Waals surface area contributed by atoms with Crippen LogP contribution in [0.2, 0.25) is 0 Å². The number of allylic oxidation sites excluding steroid dienone is 4. The minimum Gasteiger partial charge on any atom is -0.394 e. The summed E-state index contributed by atoms with van der Waals surface area (Å²) < 4.78 is 0. The van der Waals surface area contributed by atoms with Crippen LogP contribution in [-0.2, 0) is 0 Å². The topological polar surface area (TPSA) is 12.0 Å². The van der Waals surface area contributed by atoms with Gasteiger partial charge in [0, 0.05) is 18.2 Å². The Labute approximate surface area is 97.2 Å². The lowest BCUT2D eigenvalue weighted by Gasteiger charge is -1.88. The molecular weight excluding hydrogens is 194 g/mol. The van der Waals surface area contributed by atoms with E-state index in [1.54, 1.807) is 6.08 Å². The van der Waals surface area contributed by atoms with Crippen LogP contribution >= 0.6 is 0 Å². The van der Waals surface area contributed by atoms with E-state index in [0.717, 1.165) is 11.1 Å². The fourth-order valence-corrected chi connectivity index (χ4v) is 1.07. The maximum atomic E-state index is 3.73. The first-order chi connectivity index (χ1) is 7.86. The highest BCUT2D eigenvalue weighted by Gasteiger charge is 1.83. The molecule has 0 spiro atoms. The largest absolute Gasteiger partial charge is 0.394 e. The molecule has 1 rings (SSSR count). The van der Waals surface area contributed by atoms with Crippen molar-refractivity contribution in [2.45, 2.75) is 0 Å². The summed E-state index contributed by atoms with van der Waals surface area (Å²) in [6, 6.07) is 9.89. The van der Waals surface area contributed by atoms with Gasteiger partial charge < -0.3 is 5.32 Å². The molecule has 0 aromatic heterocycles. The molecule has 1 heteroatoms. The predicted molar refractivity (Wildman–Crippen MR) is 69.8 cm³/mol. The van der Waals surface area contributed by atoms with Gasteiger partial charge in [0.2, 0.25) is 0 Å². The van der Waals surface area contributed by atoms with E-state index in [1.165, 1.54) is 0 Å². The first kappa shape index (κ1) is 11.9. The molecule has 0 fully saturated rings. The molecule has 1 N–H and O–H groups in total. The molecule has 0 heterocycles. The highest BCUT2D eigenvalue weighted by Crippen LogP contribution is 1.98. The molecule has 0 aliphatic heterocycles. The molecule has 0 radical (unpaired) electrons. The van der Waals surface area contributed by atoms with Crippen LogP contribution in [0.5, 0.6) is 0 Å². The van der Waals surface area contributed by atoms with Crippen molar-refractivity contribution < 1.29 is 0 Å². The quantitative estimate of drug-likeness (QED) is 0.596. The lowest BCUT2D eigenvalue weighted by atomic mass is 10.2. The zero-order valence-electron chi connectivity index (χ0n) is 9.40. The molecule has 0 aliphatic rings. The molecule has 0 atom stereocenters. The first-order valence-electron chi connectivity index (χ1n) is 5.10. The van der Waals surface area contributed by atoms with E-state index in [0.29, 0.717) is 0 Å². The van der Waals surface area contributed by atoms with Gasteiger partial charge in [0.15, 0.2) is 0 Å². The average molecular weight is 209 g/mol. The van der Waals surface area contributed by atoms with Gasteiger partial charge in [0.05, 0.1) is 0 Å². The number of benzene rings is 1. The SMILES string of the molecule is C=C/C(C#Cc1ccccc1)=C\C=C/NC. The summed E-state index contributed by atoms with van der Waals surface area (Å²) in [6.07, 6.45) is 7.40. The molecule has 1 aromatic carbocycles. The Bertz CT molecular complexity index is 441. The highest BCUT2D eigenvalue weighted by molar-refractivity contribution is 5.45. The van der Waals surface area contributed by atoms with Crippen LogP contribution in [-0.4, -0.2) is 7.05 Å². The zero-order valence-corrected chi connectivity index (χ0v) is 9.40. The minimum atomic E-state index is 0.898. The summed E-state index contributed by atoms with van der Waals surface area (Å²) in [7, 11) is 1.85. The van der Waals surface area contributed by atoms with E-state index in [2.05, 4.69) is 23.7 Å². The highest BCUT2D eigenvalue weighted by atomic mass is 14.8. The van der Waals surface area contributed by atoms with Crippen LogP contribution < -0.4 is 5.32 Å². The summed E-state index contributed by atoms with van der Waals surface area (Å²) in [6.45, 7) is 3.73. The van der Waals surface area contributed by atoms with Gasteiger partial charge in [-0.3, -0.25) is 0 Å². The third kappa shape index (κ3) is 4.34. The fraction of sp³-hybridized carbons (Fsp3) is 0.0667. The van der Waals surface area contributed by atoms with Crippen molar-refractivity contribution in [3.05, 3.63) is 72.5 Å². The Hall–Kier alpha value is -2.20. The van der Waals surface area contributed by atoms with E-state index in [4.69, 9.17) is 0 Å².